The molecule has 0 aliphatic heterocycles. The molecule has 1 amide bonds. The number of amides is 1. The smallest absolute Gasteiger partial charge is 0.261 e. The maximum absolute atomic E-state index is 12.3. The Hall–Kier alpha value is -3.46. The first-order chi connectivity index (χ1) is 14.1. The van der Waals surface area contributed by atoms with Crippen molar-refractivity contribution < 1.29 is 4.79 Å². The van der Waals surface area contributed by atoms with Crippen molar-refractivity contribution in [3.05, 3.63) is 52.4 Å². The molecule has 2 heterocycles. The Balaban J connectivity index is 1.75. The van der Waals surface area contributed by atoms with Crippen LogP contribution in [0.5, 0.6) is 0 Å². The van der Waals surface area contributed by atoms with Crippen molar-refractivity contribution in [3.63, 3.8) is 0 Å². The summed E-state index contributed by atoms with van der Waals surface area (Å²) < 4.78 is 0. The van der Waals surface area contributed by atoms with Crippen molar-refractivity contribution in [2.75, 3.05) is 37.3 Å². The van der Waals surface area contributed by atoms with E-state index in [0.717, 1.165) is 11.3 Å². The minimum Gasteiger partial charge on any atom is -0.355 e. The summed E-state index contributed by atoms with van der Waals surface area (Å²) in [5, 5.41) is 12.4. The summed E-state index contributed by atoms with van der Waals surface area (Å²) in [6, 6.07) is 9.57. The number of nitrogens with zero attached hydrogens (tertiary/aromatic N) is 2. The fraction of sp³-hybridized carbons (Fsp3) is 0.300. The van der Waals surface area contributed by atoms with Crippen molar-refractivity contribution in [1.82, 2.24) is 25.6 Å². The zero-order chi connectivity index (χ0) is 20.6. The van der Waals surface area contributed by atoms with Gasteiger partial charge in [0.15, 0.2) is 0 Å². The molecule has 3 rings (SSSR count). The fourth-order valence-electron chi connectivity index (χ4n) is 2.86. The van der Waals surface area contributed by atoms with Crippen LogP contribution in [0.3, 0.4) is 0 Å². The molecular weight excluding hydrogens is 370 g/mol. The van der Waals surface area contributed by atoms with Crippen molar-refractivity contribution >= 4 is 34.3 Å². The highest BCUT2D eigenvalue weighted by atomic mass is 16.2. The molecule has 0 saturated heterocycles. The Labute approximate surface area is 168 Å². The van der Waals surface area contributed by atoms with Crippen LogP contribution in [0.4, 0.5) is 17.5 Å². The lowest BCUT2D eigenvalue weighted by Crippen LogP contribution is -2.33. The average molecular weight is 395 g/mol. The van der Waals surface area contributed by atoms with Gasteiger partial charge in [-0.15, -0.1) is 0 Å². The molecule has 9 heteroatoms. The molecule has 9 nitrogen and oxygen atoms in total. The van der Waals surface area contributed by atoms with E-state index in [1.54, 1.807) is 19.3 Å². The lowest BCUT2D eigenvalue weighted by Gasteiger charge is -2.12. The Morgan fingerprint density at radius 3 is 2.83 bits per heavy atom. The first-order valence-corrected chi connectivity index (χ1v) is 9.45. The number of aryl methyl sites for hydroxylation is 1. The van der Waals surface area contributed by atoms with Gasteiger partial charge >= 0.3 is 0 Å². The number of hydrogen-bond acceptors (Lipinski definition) is 7. The number of H-pyrrole nitrogens is 1. The number of anilines is 3. The van der Waals surface area contributed by atoms with Gasteiger partial charge < -0.3 is 26.3 Å². The van der Waals surface area contributed by atoms with Crippen molar-refractivity contribution in [2.24, 2.45) is 0 Å². The lowest BCUT2D eigenvalue weighted by molar-refractivity contribution is -0.120. The zero-order valence-electron chi connectivity index (χ0n) is 16.5. The van der Waals surface area contributed by atoms with Crippen molar-refractivity contribution in [3.8, 4) is 0 Å². The van der Waals surface area contributed by atoms with Crippen LogP contribution in [-0.2, 0) is 4.79 Å². The number of likely N-dealkylation sites (N-methyl/N-ethyl adjacent to an activating group) is 1. The molecule has 0 unspecified atom stereocenters. The third-order valence-corrected chi connectivity index (χ3v) is 4.20. The number of fused-ring (bicyclic) bond motifs is 1. The second kappa shape index (κ2) is 9.65. The van der Waals surface area contributed by atoms with E-state index in [0.29, 0.717) is 48.7 Å². The van der Waals surface area contributed by atoms with E-state index >= 15 is 0 Å². The Bertz CT molecular complexity index is 1050. The highest BCUT2D eigenvalue weighted by molar-refractivity contribution is 5.90. The van der Waals surface area contributed by atoms with Gasteiger partial charge in [0, 0.05) is 25.0 Å². The standard InChI is InChI=1S/C20H25N7O2/c1-13-5-3-6-14(11-13)25-18-17-15(7-10-23-19(17)29)26-20(27-18)24-9-4-8-22-16(28)12-21-2/h3,5-7,10-11,21H,4,8-9,12H2,1-2H3,(H,22,28)(H,23,29)(H2,24,25,26,27). The molecule has 1 aromatic carbocycles. The van der Waals surface area contributed by atoms with E-state index in [1.807, 2.05) is 31.2 Å². The van der Waals surface area contributed by atoms with Gasteiger partial charge in [-0.25, -0.2) is 4.98 Å². The summed E-state index contributed by atoms with van der Waals surface area (Å²) in [5.41, 5.74) is 2.23. The predicted molar refractivity (Wildman–Crippen MR) is 115 cm³/mol. The number of nitrogens with one attached hydrogen (secondary N) is 5. The molecule has 0 bridgehead atoms. The quantitative estimate of drug-likeness (QED) is 0.348. The van der Waals surface area contributed by atoms with E-state index in [2.05, 4.69) is 36.2 Å². The second-order valence-electron chi connectivity index (χ2n) is 6.62. The summed E-state index contributed by atoms with van der Waals surface area (Å²) >= 11 is 0. The molecule has 0 atom stereocenters. The molecule has 0 aliphatic carbocycles. The molecule has 29 heavy (non-hydrogen) atoms. The molecular formula is C20H25N7O2. The van der Waals surface area contributed by atoms with Crippen LogP contribution in [-0.4, -0.2) is 47.5 Å². The van der Waals surface area contributed by atoms with E-state index in [-0.39, 0.29) is 11.5 Å². The van der Waals surface area contributed by atoms with Crippen LogP contribution in [0.2, 0.25) is 0 Å². The molecule has 152 valence electrons. The van der Waals surface area contributed by atoms with Crippen LogP contribution in [0.1, 0.15) is 12.0 Å². The summed E-state index contributed by atoms with van der Waals surface area (Å²) in [5.74, 6) is 0.811. The van der Waals surface area contributed by atoms with Gasteiger partial charge in [0.2, 0.25) is 11.9 Å². The molecule has 0 aliphatic rings. The van der Waals surface area contributed by atoms with Gasteiger partial charge in [-0.05, 0) is 44.2 Å². The summed E-state index contributed by atoms with van der Waals surface area (Å²) in [6.07, 6.45) is 2.28. The number of aromatic nitrogens is 3. The maximum atomic E-state index is 12.3. The third-order valence-electron chi connectivity index (χ3n) is 4.20. The molecule has 0 fully saturated rings. The van der Waals surface area contributed by atoms with E-state index in [1.165, 1.54) is 0 Å². The highest BCUT2D eigenvalue weighted by Crippen LogP contribution is 2.22. The Morgan fingerprint density at radius 1 is 1.17 bits per heavy atom. The van der Waals surface area contributed by atoms with Gasteiger partial charge in [0.25, 0.3) is 5.56 Å². The van der Waals surface area contributed by atoms with Crippen LogP contribution in [0.25, 0.3) is 10.9 Å². The Morgan fingerprint density at radius 2 is 2.03 bits per heavy atom. The zero-order valence-corrected chi connectivity index (χ0v) is 16.5. The van der Waals surface area contributed by atoms with Crippen molar-refractivity contribution in [1.29, 1.82) is 0 Å². The van der Waals surface area contributed by atoms with E-state index in [9.17, 15) is 9.59 Å². The summed E-state index contributed by atoms with van der Waals surface area (Å²) in [7, 11) is 1.73. The molecule has 0 spiro atoms. The number of hydrogen-bond donors (Lipinski definition) is 5. The Kier molecular flexibility index (Phi) is 6.75. The SMILES string of the molecule is CNCC(=O)NCCCNc1nc(Nc2cccc(C)c2)c2c(=O)[nH]ccc2n1. The first-order valence-electron chi connectivity index (χ1n) is 9.45. The predicted octanol–water partition coefficient (Wildman–Crippen LogP) is 1.51. The number of pyridine rings is 1. The molecule has 3 aromatic rings. The number of aromatic amines is 1. The number of carbonyl (C=O) groups excluding carboxylic acids is 1. The topological polar surface area (TPSA) is 124 Å². The molecule has 0 radical (unpaired) electrons. The van der Waals surface area contributed by atoms with Gasteiger partial charge in [-0.1, -0.05) is 12.1 Å². The summed E-state index contributed by atoms with van der Waals surface area (Å²) in [4.78, 5) is 35.4. The third kappa shape index (κ3) is 5.52. The van der Waals surface area contributed by atoms with Crippen LogP contribution >= 0.6 is 0 Å². The van der Waals surface area contributed by atoms with Crippen molar-refractivity contribution in [2.45, 2.75) is 13.3 Å². The number of benzene rings is 1. The molecule has 5 N–H and O–H groups in total. The average Bonchev–Trinajstić information content (AvgIpc) is 2.68. The maximum Gasteiger partial charge on any atom is 0.261 e. The molecule has 2 aromatic heterocycles. The van der Waals surface area contributed by atoms with E-state index in [4.69, 9.17) is 0 Å². The van der Waals surface area contributed by atoms with Crippen LogP contribution in [0.15, 0.2) is 41.3 Å². The van der Waals surface area contributed by atoms with Crippen LogP contribution in [0, 0.1) is 6.92 Å². The van der Waals surface area contributed by atoms with Gasteiger partial charge in [0.05, 0.1) is 12.1 Å². The minimum atomic E-state index is -0.253. The van der Waals surface area contributed by atoms with E-state index < -0.39 is 0 Å². The van der Waals surface area contributed by atoms with Gasteiger partial charge in [-0.3, -0.25) is 9.59 Å². The largest absolute Gasteiger partial charge is 0.355 e. The second-order valence-corrected chi connectivity index (χ2v) is 6.62. The highest BCUT2D eigenvalue weighted by Gasteiger charge is 2.11. The van der Waals surface area contributed by atoms with Gasteiger partial charge in [0.1, 0.15) is 11.2 Å². The normalized spacial score (nSPS) is 10.7. The fourth-order valence-corrected chi connectivity index (χ4v) is 2.86. The monoisotopic (exact) mass is 395 g/mol. The number of carbonyl (C=O) groups is 1. The van der Waals surface area contributed by atoms with Crippen LogP contribution < -0.4 is 26.8 Å². The van der Waals surface area contributed by atoms with Gasteiger partial charge in [-0.2, -0.15) is 4.98 Å². The first kappa shape index (κ1) is 20.3. The molecule has 0 saturated carbocycles. The lowest BCUT2D eigenvalue weighted by atomic mass is 10.2. The summed E-state index contributed by atoms with van der Waals surface area (Å²) in [6.45, 7) is 3.43. The minimum absolute atomic E-state index is 0.0432. The number of rotatable bonds is 9.